The molecular weight excluding hydrogens is 188 g/mol. The maximum absolute atomic E-state index is 5.91. The summed E-state index contributed by atoms with van der Waals surface area (Å²) < 4.78 is 11.3. The molecule has 1 aliphatic heterocycles. The number of hydrogen-bond acceptors (Lipinski definition) is 2. The average molecular weight is 204 g/mol. The van der Waals surface area contributed by atoms with E-state index in [0.29, 0.717) is 17.9 Å². The molecule has 1 saturated heterocycles. The van der Waals surface area contributed by atoms with Crippen LogP contribution in [0.2, 0.25) is 0 Å². The zero-order valence-electron chi connectivity index (χ0n) is 9.14. The lowest BCUT2D eigenvalue weighted by molar-refractivity contribution is -0.128. The molecule has 1 heterocycles. The van der Waals surface area contributed by atoms with Crippen LogP contribution in [-0.4, -0.2) is 19.5 Å². The number of ether oxygens (including phenoxy) is 2. The number of hydrogen-bond donors (Lipinski definition) is 0. The third-order valence-corrected chi connectivity index (χ3v) is 3.77. The van der Waals surface area contributed by atoms with Crippen LogP contribution in [0.4, 0.5) is 0 Å². The van der Waals surface area contributed by atoms with Crippen LogP contribution in [0.5, 0.6) is 0 Å². The molecule has 0 aromatic heterocycles. The summed E-state index contributed by atoms with van der Waals surface area (Å²) in [5.41, 5.74) is 2.92. The maximum Gasteiger partial charge on any atom is 0.160 e. The average Bonchev–Trinajstić information content (AvgIpc) is 2.75. The van der Waals surface area contributed by atoms with Crippen molar-refractivity contribution in [1.82, 2.24) is 0 Å². The van der Waals surface area contributed by atoms with Crippen molar-refractivity contribution in [2.45, 2.75) is 31.7 Å². The Balaban J connectivity index is 1.97. The number of methoxy groups -OCH3 is 1. The minimum atomic E-state index is -0.0200. The molecule has 1 aromatic rings. The van der Waals surface area contributed by atoms with Gasteiger partial charge < -0.3 is 9.47 Å². The minimum Gasteiger partial charge on any atom is -0.356 e. The van der Waals surface area contributed by atoms with Crippen molar-refractivity contribution in [3.63, 3.8) is 0 Å². The quantitative estimate of drug-likeness (QED) is 0.699. The summed E-state index contributed by atoms with van der Waals surface area (Å²) in [5.74, 6) is 0.995. The molecule has 80 valence electrons. The predicted octanol–water partition coefficient (Wildman–Crippen LogP) is 2.33. The van der Waals surface area contributed by atoms with Crippen LogP contribution in [0, 0.1) is 5.92 Å². The highest BCUT2D eigenvalue weighted by Crippen LogP contribution is 2.47. The Labute approximate surface area is 90.2 Å². The van der Waals surface area contributed by atoms with Gasteiger partial charge in [0.05, 0.1) is 6.10 Å². The largest absolute Gasteiger partial charge is 0.356 e. The smallest absolute Gasteiger partial charge is 0.160 e. The summed E-state index contributed by atoms with van der Waals surface area (Å²) in [4.78, 5) is 0. The standard InChI is InChI=1S/C13H16O2/c1-8-12-10-6-4-3-5-9(10)7-11(12)15-13(8)14-2/h3-6,8,11-13H,7H2,1-2H3/t8-,11-,12+,13+/m0/s1. The molecule has 2 heteroatoms. The molecule has 0 radical (unpaired) electrons. The Morgan fingerprint density at radius 1 is 1.33 bits per heavy atom. The van der Waals surface area contributed by atoms with Crippen molar-refractivity contribution < 1.29 is 9.47 Å². The van der Waals surface area contributed by atoms with Gasteiger partial charge in [-0.2, -0.15) is 0 Å². The Hall–Kier alpha value is -0.860. The first-order valence-electron chi connectivity index (χ1n) is 5.57. The molecule has 0 spiro atoms. The Kier molecular flexibility index (Phi) is 2.08. The van der Waals surface area contributed by atoms with E-state index < -0.39 is 0 Å². The van der Waals surface area contributed by atoms with Crippen molar-refractivity contribution in [1.29, 1.82) is 0 Å². The minimum absolute atomic E-state index is 0.0200. The van der Waals surface area contributed by atoms with Crippen LogP contribution >= 0.6 is 0 Å². The number of rotatable bonds is 1. The molecule has 4 atom stereocenters. The Morgan fingerprint density at radius 3 is 2.93 bits per heavy atom. The van der Waals surface area contributed by atoms with Gasteiger partial charge in [-0.3, -0.25) is 0 Å². The van der Waals surface area contributed by atoms with Gasteiger partial charge in [0, 0.05) is 18.9 Å². The van der Waals surface area contributed by atoms with Gasteiger partial charge in [0.2, 0.25) is 0 Å². The molecule has 3 rings (SSSR count). The van der Waals surface area contributed by atoms with Gasteiger partial charge in [0.25, 0.3) is 0 Å². The molecule has 0 unspecified atom stereocenters. The van der Waals surface area contributed by atoms with E-state index in [0.717, 1.165) is 6.42 Å². The third-order valence-electron chi connectivity index (χ3n) is 3.77. The normalized spacial score (nSPS) is 37.7. The Bertz CT molecular complexity index is 373. The molecule has 15 heavy (non-hydrogen) atoms. The van der Waals surface area contributed by atoms with Gasteiger partial charge in [-0.15, -0.1) is 0 Å². The Morgan fingerprint density at radius 2 is 2.13 bits per heavy atom. The molecule has 0 N–H and O–H groups in total. The summed E-state index contributed by atoms with van der Waals surface area (Å²) in [6.45, 7) is 2.22. The molecule has 1 fully saturated rings. The first-order chi connectivity index (χ1) is 7.31. The first kappa shape index (κ1) is 9.37. The van der Waals surface area contributed by atoms with Crippen molar-refractivity contribution >= 4 is 0 Å². The number of fused-ring (bicyclic) bond motifs is 3. The molecular formula is C13H16O2. The zero-order valence-corrected chi connectivity index (χ0v) is 9.14. The van der Waals surface area contributed by atoms with E-state index in [-0.39, 0.29) is 6.29 Å². The van der Waals surface area contributed by atoms with E-state index in [1.54, 1.807) is 7.11 Å². The fourth-order valence-corrected chi connectivity index (χ4v) is 3.08. The lowest BCUT2D eigenvalue weighted by Crippen LogP contribution is -2.18. The van der Waals surface area contributed by atoms with Gasteiger partial charge >= 0.3 is 0 Å². The van der Waals surface area contributed by atoms with E-state index in [1.807, 2.05) is 0 Å². The lowest BCUT2D eigenvalue weighted by Gasteiger charge is -2.17. The second kappa shape index (κ2) is 3.32. The van der Waals surface area contributed by atoms with Crippen LogP contribution in [-0.2, 0) is 15.9 Å². The second-order valence-electron chi connectivity index (χ2n) is 4.57. The summed E-state index contributed by atoms with van der Waals surface area (Å²) in [6.07, 6.45) is 1.36. The maximum atomic E-state index is 5.91. The van der Waals surface area contributed by atoms with Gasteiger partial charge in [-0.1, -0.05) is 31.2 Å². The van der Waals surface area contributed by atoms with Crippen molar-refractivity contribution in [3.8, 4) is 0 Å². The molecule has 0 bridgehead atoms. The summed E-state index contributed by atoms with van der Waals surface area (Å²) >= 11 is 0. The first-order valence-corrected chi connectivity index (χ1v) is 5.57. The molecule has 0 saturated carbocycles. The van der Waals surface area contributed by atoms with Gasteiger partial charge in [0.15, 0.2) is 6.29 Å². The SMILES string of the molecule is CO[C@@H]1O[C@H]2Cc3ccccc3[C@H]2[C@@H]1C. The fourth-order valence-electron chi connectivity index (χ4n) is 3.08. The summed E-state index contributed by atoms with van der Waals surface area (Å²) in [6, 6.07) is 8.68. The highest BCUT2D eigenvalue weighted by molar-refractivity contribution is 5.38. The summed E-state index contributed by atoms with van der Waals surface area (Å²) in [5, 5.41) is 0. The van der Waals surface area contributed by atoms with Gasteiger partial charge in [-0.05, 0) is 17.5 Å². The lowest BCUT2D eigenvalue weighted by atomic mass is 9.89. The van der Waals surface area contributed by atoms with Crippen LogP contribution in [0.15, 0.2) is 24.3 Å². The molecule has 1 aromatic carbocycles. The molecule has 0 amide bonds. The topological polar surface area (TPSA) is 18.5 Å². The van der Waals surface area contributed by atoms with Crippen molar-refractivity contribution in [2.75, 3.05) is 7.11 Å². The van der Waals surface area contributed by atoms with E-state index in [1.165, 1.54) is 11.1 Å². The van der Waals surface area contributed by atoms with Gasteiger partial charge in [-0.25, -0.2) is 0 Å². The van der Waals surface area contributed by atoms with E-state index >= 15 is 0 Å². The molecule has 2 aliphatic rings. The zero-order chi connectivity index (χ0) is 10.4. The molecule has 2 nitrogen and oxygen atoms in total. The summed E-state index contributed by atoms with van der Waals surface area (Å²) in [7, 11) is 1.73. The van der Waals surface area contributed by atoms with E-state index in [2.05, 4.69) is 31.2 Å². The number of benzene rings is 1. The van der Waals surface area contributed by atoms with Crippen LogP contribution < -0.4 is 0 Å². The van der Waals surface area contributed by atoms with Crippen molar-refractivity contribution in [3.05, 3.63) is 35.4 Å². The van der Waals surface area contributed by atoms with Crippen LogP contribution in [0.1, 0.15) is 24.0 Å². The predicted molar refractivity (Wildman–Crippen MR) is 57.7 cm³/mol. The highest BCUT2D eigenvalue weighted by Gasteiger charge is 2.47. The third kappa shape index (κ3) is 1.25. The monoisotopic (exact) mass is 204 g/mol. The van der Waals surface area contributed by atoms with Crippen LogP contribution in [0.3, 0.4) is 0 Å². The molecule has 1 aliphatic carbocycles. The van der Waals surface area contributed by atoms with Crippen LogP contribution in [0.25, 0.3) is 0 Å². The van der Waals surface area contributed by atoms with Gasteiger partial charge in [0.1, 0.15) is 0 Å². The second-order valence-corrected chi connectivity index (χ2v) is 4.57. The highest BCUT2D eigenvalue weighted by atomic mass is 16.7. The van der Waals surface area contributed by atoms with Crippen molar-refractivity contribution in [2.24, 2.45) is 5.92 Å². The fraction of sp³-hybridized carbons (Fsp3) is 0.538. The van der Waals surface area contributed by atoms with E-state index in [9.17, 15) is 0 Å². The van der Waals surface area contributed by atoms with E-state index in [4.69, 9.17) is 9.47 Å².